The Bertz CT molecular complexity index is 413. The molecule has 1 N–H and O–H groups in total. The molecule has 0 spiro atoms. The quantitative estimate of drug-likeness (QED) is 0.634. The lowest BCUT2D eigenvalue weighted by atomic mass is 10.1. The fourth-order valence-electron chi connectivity index (χ4n) is 1.06. The van der Waals surface area contributed by atoms with Gasteiger partial charge in [-0.3, -0.25) is 4.79 Å². The van der Waals surface area contributed by atoms with Crippen molar-refractivity contribution >= 4 is 28.4 Å². The molecule has 82 valence electrons. The average molecular weight is 330 g/mol. The maximum atomic E-state index is 12.4. The smallest absolute Gasteiger partial charge is 0.417 e. The molecule has 6 heteroatoms. The van der Waals surface area contributed by atoms with Gasteiger partial charge in [-0.1, -0.05) is 0 Å². The van der Waals surface area contributed by atoms with Crippen LogP contribution in [0.25, 0.3) is 0 Å². The molecule has 2 nitrogen and oxygen atoms in total. The van der Waals surface area contributed by atoms with E-state index in [1.807, 2.05) is 0 Å². The van der Waals surface area contributed by atoms with Crippen molar-refractivity contribution in [1.82, 2.24) is 0 Å². The van der Waals surface area contributed by atoms with Crippen LogP contribution in [-0.2, 0) is 6.18 Å². The maximum Gasteiger partial charge on any atom is 0.417 e. The number of carbonyl (C=O) groups excluding carboxylic acids is 1. The molecule has 0 saturated heterocycles. The van der Waals surface area contributed by atoms with E-state index >= 15 is 0 Å². The minimum Gasteiger partial charge on any atom is -0.507 e. The van der Waals surface area contributed by atoms with E-state index in [0.717, 1.165) is 6.07 Å². The summed E-state index contributed by atoms with van der Waals surface area (Å²) in [6.45, 7) is 1.18. The lowest BCUT2D eigenvalue weighted by Crippen LogP contribution is -2.08. The largest absolute Gasteiger partial charge is 0.507 e. The summed E-state index contributed by atoms with van der Waals surface area (Å²) in [7, 11) is 0. The number of halogens is 4. The predicted molar refractivity (Wildman–Crippen MR) is 55.8 cm³/mol. The second-order valence-corrected chi connectivity index (χ2v) is 4.07. The molecule has 0 heterocycles. The first-order valence-electron chi connectivity index (χ1n) is 3.84. The van der Waals surface area contributed by atoms with Gasteiger partial charge in [-0.25, -0.2) is 0 Å². The lowest BCUT2D eigenvalue weighted by Gasteiger charge is -2.11. The highest BCUT2D eigenvalue weighted by Gasteiger charge is 2.34. The van der Waals surface area contributed by atoms with E-state index in [4.69, 9.17) is 0 Å². The van der Waals surface area contributed by atoms with Crippen molar-refractivity contribution in [2.24, 2.45) is 0 Å². The number of ketones is 1. The molecule has 15 heavy (non-hydrogen) atoms. The Morgan fingerprint density at radius 2 is 1.93 bits per heavy atom. The van der Waals surface area contributed by atoms with E-state index in [1.165, 1.54) is 29.5 Å². The third-order valence-electron chi connectivity index (χ3n) is 1.77. The highest BCUT2D eigenvalue weighted by atomic mass is 127. The molecule has 1 aromatic rings. The van der Waals surface area contributed by atoms with Crippen LogP contribution in [0, 0.1) is 3.57 Å². The van der Waals surface area contributed by atoms with Gasteiger partial charge in [-0.05, 0) is 41.6 Å². The van der Waals surface area contributed by atoms with Crippen LogP contribution < -0.4 is 0 Å². The predicted octanol–water partition coefficient (Wildman–Crippen LogP) is 3.22. The van der Waals surface area contributed by atoms with Crippen LogP contribution in [0.5, 0.6) is 5.75 Å². The van der Waals surface area contributed by atoms with Gasteiger partial charge < -0.3 is 5.11 Å². The summed E-state index contributed by atoms with van der Waals surface area (Å²) in [5.41, 5.74) is -1.04. The Labute approximate surface area is 97.2 Å². The minimum atomic E-state index is -4.52. The van der Waals surface area contributed by atoms with Gasteiger partial charge in [0.25, 0.3) is 0 Å². The first kappa shape index (κ1) is 12.3. The topological polar surface area (TPSA) is 37.3 Å². The van der Waals surface area contributed by atoms with Gasteiger partial charge in [0.2, 0.25) is 0 Å². The van der Waals surface area contributed by atoms with Crippen LogP contribution in [-0.4, -0.2) is 10.9 Å². The first-order chi connectivity index (χ1) is 6.73. The average Bonchev–Trinajstić information content (AvgIpc) is 2.06. The zero-order valence-electron chi connectivity index (χ0n) is 7.52. The van der Waals surface area contributed by atoms with E-state index in [9.17, 15) is 23.1 Å². The highest BCUT2D eigenvalue weighted by molar-refractivity contribution is 14.1. The number of benzene rings is 1. The zero-order chi connectivity index (χ0) is 11.8. The van der Waals surface area contributed by atoms with Gasteiger partial charge in [0.05, 0.1) is 11.1 Å². The molecule has 0 aliphatic heterocycles. The summed E-state index contributed by atoms with van der Waals surface area (Å²) in [5.74, 6) is -1.12. The van der Waals surface area contributed by atoms with Crippen molar-refractivity contribution in [2.75, 3.05) is 0 Å². The summed E-state index contributed by atoms with van der Waals surface area (Å²) in [6, 6.07) is 1.60. The molecule has 1 rings (SSSR count). The molecular weight excluding hydrogens is 324 g/mol. The van der Waals surface area contributed by atoms with Crippen LogP contribution in [0.4, 0.5) is 13.2 Å². The number of phenolic OH excluding ortho intramolecular Hbond substituents is 1. The Morgan fingerprint density at radius 3 is 2.33 bits per heavy atom. The second-order valence-electron chi connectivity index (χ2n) is 2.90. The van der Waals surface area contributed by atoms with Crippen LogP contribution in [0.1, 0.15) is 22.8 Å². The Balaban J connectivity index is 3.39. The Morgan fingerprint density at radius 1 is 1.40 bits per heavy atom. The third-order valence-corrected chi connectivity index (χ3v) is 2.66. The number of alkyl halides is 3. The van der Waals surface area contributed by atoms with Gasteiger partial charge in [-0.15, -0.1) is 0 Å². The zero-order valence-corrected chi connectivity index (χ0v) is 9.68. The summed E-state index contributed by atoms with van der Waals surface area (Å²) in [4.78, 5) is 10.9. The van der Waals surface area contributed by atoms with Gasteiger partial charge >= 0.3 is 6.18 Å². The first-order valence-corrected chi connectivity index (χ1v) is 4.92. The van der Waals surface area contributed by atoms with Crippen molar-refractivity contribution < 1.29 is 23.1 Å². The Hall–Kier alpha value is -0.790. The number of phenols is 1. The van der Waals surface area contributed by atoms with Crippen LogP contribution >= 0.6 is 22.6 Å². The summed E-state index contributed by atoms with van der Waals surface area (Å²) in [6.07, 6.45) is -4.52. The van der Waals surface area contributed by atoms with E-state index in [2.05, 4.69) is 0 Å². The number of carbonyl (C=O) groups is 1. The number of hydrogen-bond donors (Lipinski definition) is 1. The SMILES string of the molecule is CC(=O)c1cc(I)c(C(F)(F)F)cc1O. The van der Waals surface area contributed by atoms with E-state index in [-0.39, 0.29) is 9.13 Å². The molecule has 0 fully saturated rings. The van der Waals surface area contributed by atoms with E-state index in [1.54, 1.807) is 0 Å². The maximum absolute atomic E-state index is 12.4. The van der Waals surface area contributed by atoms with Crippen LogP contribution in [0.15, 0.2) is 12.1 Å². The molecule has 0 radical (unpaired) electrons. The fraction of sp³-hybridized carbons (Fsp3) is 0.222. The third kappa shape index (κ3) is 2.61. The standard InChI is InChI=1S/C9H6F3IO2/c1-4(14)5-2-7(13)6(3-8(5)15)9(10,11)12/h2-3,15H,1H3. The summed E-state index contributed by atoms with van der Waals surface area (Å²) in [5, 5.41) is 9.23. The monoisotopic (exact) mass is 330 g/mol. The molecule has 0 aromatic heterocycles. The van der Waals surface area contributed by atoms with E-state index in [0.29, 0.717) is 6.07 Å². The summed E-state index contributed by atoms with van der Waals surface area (Å²) < 4.78 is 37.0. The molecule has 0 unspecified atom stereocenters. The summed E-state index contributed by atoms with van der Waals surface area (Å²) >= 11 is 1.48. The van der Waals surface area contributed by atoms with Crippen molar-refractivity contribution in [2.45, 2.75) is 13.1 Å². The fourth-order valence-corrected chi connectivity index (χ4v) is 1.83. The molecule has 0 aliphatic carbocycles. The minimum absolute atomic E-state index is 0.104. The van der Waals surface area contributed by atoms with Crippen molar-refractivity contribution in [1.29, 1.82) is 0 Å². The number of Topliss-reactive ketones (excluding diaryl/α,β-unsaturated/α-hetero) is 1. The highest BCUT2D eigenvalue weighted by Crippen LogP contribution is 2.36. The number of aromatic hydroxyl groups is 1. The Kier molecular flexibility index (Phi) is 3.27. The number of rotatable bonds is 1. The van der Waals surface area contributed by atoms with Crippen molar-refractivity contribution in [3.05, 3.63) is 26.8 Å². The van der Waals surface area contributed by atoms with Crippen LogP contribution in [0.3, 0.4) is 0 Å². The van der Waals surface area contributed by atoms with Crippen molar-refractivity contribution in [3.8, 4) is 5.75 Å². The molecule has 0 atom stereocenters. The molecule has 1 aromatic carbocycles. The lowest BCUT2D eigenvalue weighted by molar-refractivity contribution is -0.138. The molecule has 0 amide bonds. The molecule has 0 saturated carbocycles. The van der Waals surface area contributed by atoms with Gasteiger partial charge in [0.15, 0.2) is 5.78 Å². The van der Waals surface area contributed by atoms with Gasteiger partial charge in [-0.2, -0.15) is 13.2 Å². The second kappa shape index (κ2) is 3.99. The van der Waals surface area contributed by atoms with Gasteiger partial charge in [0, 0.05) is 3.57 Å². The normalized spacial score (nSPS) is 11.5. The number of hydrogen-bond acceptors (Lipinski definition) is 2. The van der Waals surface area contributed by atoms with Crippen molar-refractivity contribution in [3.63, 3.8) is 0 Å². The molecule has 0 aliphatic rings. The van der Waals surface area contributed by atoms with Crippen LogP contribution in [0.2, 0.25) is 0 Å². The molecular formula is C9H6F3IO2. The molecule has 0 bridgehead atoms. The van der Waals surface area contributed by atoms with E-state index < -0.39 is 23.3 Å². The van der Waals surface area contributed by atoms with Gasteiger partial charge in [0.1, 0.15) is 5.75 Å².